The van der Waals surface area contributed by atoms with Crippen molar-refractivity contribution < 1.29 is 18.9 Å². The third kappa shape index (κ3) is 4.95. The third-order valence-corrected chi connectivity index (χ3v) is 3.03. The molecule has 1 aromatic heterocycles. The Kier molecular flexibility index (Phi) is 5.45. The molecule has 2 amide bonds. The van der Waals surface area contributed by atoms with Gasteiger partial charge in [0.15, 0.2) is 0 Å². The summed E-state index contributed by atoms with van der Waals surface area (Å²) in [5.74, 6) is -0.241. The van der Waals surface area contributed by atoms with E-state index in [1.54, 1.807) is 18.2 Å². The van der Waals surface area contributed by atoms with Crippen LogP contribution in [0, 0.1) is 10.1 Å². The van der Waals surface area contributed by atoms with Crippen LogP contribution in [-0.4, -0.2) is 23.3 Å². The van der Waals surface area contributed by atoms with E-state index in [9.17, 15) is 19.7 Å². The highest BCUT2D eigenvalue weighted by Crippen LogP contribution is 2.17. The van der Waals surface area contributed by atoms with E-state index < -0.39 is 10.8 Å². The Hall–Kier alpha value is -3.16. The van der Waals surface area contributed by atoms with Crippen LogP contribution < -0.4 is 10.6 Å². The number of carbonyl (C=O) groups excluding carboxylic acids is 2. The van der Waals surface area contributed by atoms with Gasteiger partial charge in [0, 0.05) is 11.6 Å². The smallest absolute Gasteiger partial charge is 0.273 e. The van der Waals surface area contributed by atoms with Crippen molar-refractivity contribution in [3.8, 4) is 0 Å². The molecule has 2 N–H and O–H groups in total. The fourth-order valence-corrected chi connectivity index (χ4v) is 1.91. The maximum absolute atomic E-state index is 11.8. The fourth-order valence-electron chi connectivity index (χ4n) is 1.91. The summed E-state index contributed by atoms with van der Waals surface area (Å²) >= 11 is 0. The van der Waals surface area contributed by atoms with E-state index in [2.05, 4.69) is 10.6 Å². The van der Waals surface area contributed by atoms with E-state index >= 15 is 0 Å². The van der Waals surface area contributed by atoms with E-state index in [1.807, 2.05) is 0 Å². The summed E-state index contributed by atoms with van der Waals surface area (Å²) in [6.07, 6.45) is 1.33. The second-order valence-corrected chi connectivity index (χ2v) is 4.70. The molecular weight excluding hydrogens is 302 g/mol. The van der Waals surface area contributed by atoms with E-state index in [-0.39, 0.29) is 31.1 Å². The van der Waals surface area contributed by atoms with Crippen molar-refractivity contribution in [3.05, 3.63) is 64.1 Å². The van der Waals surface area contributed by atoms with Gasteiger partial charge in [0.25, 0.3) is 5.69 Å². The number of carbonyl (C=O) groups is 2. The molecule has 0 aliphatic carbocycles. The highest BCUT2D eigenvalue weighted by molar-refractivity contribution is 5.86. The Balaban J connectivity index is 1.79. The summed E-state index contributed by atoms with van der Waals surface area (Å²) in [4.78, 5) is 33.7. The van der Waals surface area contributed by atoms with E-state index in [1.165, 1.54) is 24.5 Å². The van der Waals surface area contributed by atoms with Gasteiger partial charge in [0.2, 0.25) is 11.8 Å². The summed E-state index contributed by atoms with van der Waals surface area (Å²) in [5.41, 5.74) is 0.177. The van der Waals surface area contributed by atoms with Crippen LogP contribution in [0.2, 0.25) is 0 Å². The van der Waals surface area contributed by atoms with Crippen molar-refractivity contribution in [3.63, 3.8) is 0 Å². The molecule has 0 aliphatic rings. The number of furan rings is 1. The van der Waals surface area contributed by atoms with Gasteiger partial charge in [-0.3, -0.25) is 19.7 Å². The molecule has 23 heavy (non-hydrogen) atoms. The van der Waals surface area contributed by atoms with Crippen molar-refractivity contribution in [2.75, 3.05) is 6.54 Å². The second kappa shape index (κ2) is 7.74. The summed E-state index contributed by atoms with van der Waals surface area (Å²) in [6, 6.07) is 9.41. The zero-order valence-electron chi connectivity index (χ0n) is 12.2. The lowest BCUT2D eigenvalue weighted by Gasteiger charge is -2.06. The molecule has 1 aromatic carbocycles. The lowest BCUT2D eigenvalue weighted by molar-refractivity contribution is -0.385. The molecule has 0 bridgehead atoms. The highest BCUT2D eigenvalue weighted by atomic mass is 16.6. The van der Waals surface area contributed by atoms with Crippen LogP contribution in [0.3, 0.4) is 0 Å². The average Bonchev–Trinajstić information content (AvgIpc) is 3.04. The van der Waals surface area contributed by atoms with Crippen LogP contribution in [0.5, 0.6) is 0 Å². The number of nitrogens with one attached hydrogen (secondary N) is 2. The minimum absolute atomic E-state index is 0.120. The molecule has 120 valence electrons. The number of hydrogen-bond donors (Lipinski definition) is 2. The van der Waals surface area contributed by atoms with E-state index in [0.717, 1.165) is 0 Å². The van der Waals surface area contributed by atoms with Gasteiger partial charge >= 0.3 is 0 Å². The standard InChI is InChI=1S/C15H15N3O5/c19-14(8-11-4-1-2-6-13(11)18(21)22)17-10-15(20)16-9-12-5-3-7-23-12/h1-7H,8-10H2,(H,16,20)(H,17,19). The van der Waals surface area contributed by atoms with Crippen LogP contribution in [0.15, 0.2) is 47.1 Å². The van der Waals surface area contributed by atoms with E-state index in [4.69, 9.17) is 4.42 Å². The second-order valence-electron chi connectivity index (χ2n) is 4.70. The first kappa shape index (κ1) is 16.2. The number of nitrogens with zero attached hydrogens (tertiary/aromatic N) is 1. The van der Waals surface area contributed by atoms with Gasteiger partial charge in [-0.05, 0) is 12.1 Å². The normalized spacial score (nSPS) is 10.1. The minimum Gasteiger partial charge on any atom is -0.467 e. The molecule has 0 atom stereocenters. The molecular formula is C15H15N3O5. The lowest BCUT2D eigenvalue weighted by atomic mass is 10.1. The monoisotopic (exact) mass is 317 g/mol. The molecule has 0 spiro atoms. The SMILES string of the molecule is O=C(CNC(=O)Cc1ccccc1[N+](=O)[O-])NCc1ccco1. The number of para-hydroxylation sites is 1. The Morgan fingerprint density at radius 1 is 1.09 bits per heavy atom. The number of benzene rings is 1. The van der Waals surface area contributed by atoms with Gasteiger partial charge in [0.05, 0.1) is 30.7 Å². The molecule has 2 rings (SSSR count). The van der Waals surface area contributed by atoms with Gasteiger partial charge in [-0.1, -0.05) is 18.2 Å². The fraction of sp³-hybridized carbons (Fsp3) is 0.200. The number of nitro benzene ring substituents is 1. The summed E-state index contributed by atoms with van der Waals surface area (Å²) in [7, 11) is 0. The minimum atomic E-state index is -0.543. The first-order chi connectivity index (χ1) is 11.1. The molecule has 0 fully saturated rings. The van der Waals surface area contributed by atoms with Gasteiger partial charge < -0.3 is 15.1 Å². The topological polar surface area (TPSA) is 114 Å². The van der Waals surface area contributed by atoms with Crippen LogP contribution in [0.1, 0.15) is 11.3 Å². The van der Waals surface area contributed by atoms with Crippen molar-refractivity contribution in [2.45, 2.75) is 13.0 Å². The molecule has 0 saturated carbocycles. The first-order valence-corrected chi connectivity index (χ1v) is 6.84. The maximum atomic E-state index is 11.8. The largest absolute Gasteiger partial charge is 0.467 e. The number of amides is 2. The van der Waals surface area contributed by atoms with Crippen LogP contribution in [0.4, 0.5) is 5.69 Å². The summed E-state index contributed by atoms with van der Waals surface area (Å²) < 4.78 is 5.06. The Bertz CT molecular complexity index is 697. The van der Waals surface area contributed by atoms with Crippen LogP contribution in [0.25, 0.3) is 0 Å². The van der Waals surface area contributed by atoms with Gasteiger partial charge in [-0.2, -0.15) is 0 Å². The van der Waals surface area contributed by atoms with Crippen molar-refractivity contribution in [1.82, 2.24) is 10.6 Å². The molecule has 1 heterocycles. The summed E-state index contributed by atoms with van der Waals surface area (Å²) in [6.45, 7) is 0.0199. The summed E-state index contributed by atoms with van der Waals surface area (Å²) in [5, 5.41) is 15.9. The molecule has 0 unspecified atom stereocenters. The third-order valence-electron chi connectivity index (χ3n) is 3.03. The number of rotatable bonds is 7. The van der Waals surface area contributed by atoms with Crippen LogP contribution >= 0.6 is 0 Å². The quantitative estimate of drug-likeness (QED) is 0.587. The average molecular weight is 317 g/mol. The van der Waals surface area contributed by atoms with Crippen molar-refractivity contribution >= 4 is 17.5 Å². The number of nitro groups is 1. The van der Waals surface area contributed by atoms with Crippen molar-refractivity contribution in [1.29, 1.82) is 0 Å². The first-order valence-electron chi connectivity index (χ1n) is 6.84. The lowest BCUT2D eigenvalue weighted by Crippen LogP contribution is -2.37. The molecule has 2 aromatic rings. The Morgan fingerprint density at radius 2 is 1.87 bits per heavy atom. The zero-order valence-corrected chi connectivity index (χ0v) is 12.2. The Labute approximate surface area is 131 Å². The van der Waals surface area contributed by atoms with Crippen molar-refractivity contribution in [2.24, 2.45) is 0 Å². The Morgan fingerprint density at radius 3 is 2.57 bits per heavy atom. The zero-order chi connectivity index (χ0) is 16.7. The van der Waals surface area contributed by atoms with Gasteiger partial charge in [-0.25, -0.2) is 0 Å². The van der Waals surface area contributed by atoms with E-state index in [0.29, 0.717) is 11.3 Å². The molecule has 0 aliphatic heterocycles. The maximum Gasteiger partial charge on any atom is 0.273 e. The highest BCUT2D eigenvalue weighted by Gasteiger charge is 2.15. The predicted octanol–water partition coefficient (Wildman–Crippen LogP) is 1.16. The predicted molar refractivity (Wildman–Crippen MR) is 80.4 cm³/mol. The molecule has 8 nitrogen and oxygen atoms in total. The van der Waals surface area contributed by atoms with Crippen LogP contribution in [-0.2, 0) is 22.6 Å². The molecule has 0 saturated heterocycles. The molecule has 8 heteroatoms. The van der Waals surface area contributed by atoms with Gasteiger partial charge in [0.1, 0.15) is 5.76 Å². The van der Waals surface area contributed by atoms with Gasteiger partial charge in [-0.15, -0.1) is 0 Å². The number of hydrogen-bond acceptors (Lipinski definition) is 5. The molecule has 0 radical (unpaired) electrons.